The molecule has 2 aromatic rings. The normalized spacial score (nSPS) is 28.5. The number of benzene rings is 2. The molecule has 0 bridgehead atoms. The van der Waals surface area contributed by atoms with Gasteiger partial charge >= 0.3 is 5.97 Å². The van der Waals surface area contributed by atoms with Gasteiger partial charge in [0.1, 0.15) is 0 Å². The van der Waals surface area contributed by atoms with Crippen molar-refractivity contribution < 1.29 is 14.6 Å². The molecule has 4 atom stereocenters. The first kappa shape index (κ1) is 21.7. The number of aliphatic hydroxyl groups is 1. The minimum atomic E-state index is -1.53. The number of carbonyl (C=O) groups excluding carboxylic acids is 1. The lowest BCUT2D eigenvalue weighted by atomic mass is 9.73. The van der Waals surface area contributed by atoms with Crippen LogP contribution in [0.5, 0.6) is 0 Å². The fourth-order valence-corrected chi connectivity index (χ4v) is 6.20. The predicted octanol–water partition coefficient (Wildman–Crippen LogP) is 4.94. The maximum absolute atomic E-state index is 13.3. The van der Waals surface area contributed by atoms with Gasteiger partial charge in [0.2, 0.25) is 0 Å². The highest BCUT2D eigenvalue weighted by molar-refractivity contribution is 5.81. The highest BCUT2D eigenvalue weighted by Crippen LogP contribution is 2.53. The number of piperidine rings is 1. The Hall–Kier alpha value is -2.17. The molecule has 32 heavy (non-hydrogen) atoms. The minimum Gasteiger partial charge on any atom is -0.463 e. The summed E-state index contributed by atoms with van der Waals surface area (Å²) in [5, 5.41) is 11.7. The number of ether oxygens (including phenoxy) is 1. The number of fused-ring (bicyclic) bond motifs is 1. The highest BCUT2D eigenvalue weighted by atomic mass is 16.6. The third kappa shape index (κ3) is 3.99. The molecule has 4 heteroatoms. The molecule has 170 valence electrons. The summed E-state index contributed by atoms with van der Waals surface area (Å²) < 4.78 is 5.85. The van der Waals surface area contributed by atoms with Crippen LogP contribution in [0, 0.1) is 23.7 Å². The summed E-state index contributed by atoms with van der Waals surface area (Å²) in [5.74, 6) is 1.13. The average Bonchev–Trinajstić information content (AvgIpc) is 3.31. The minimum absolute atomic E-state index is 0.0629. The van der Waals surface area contributed by atoms with E-state index in [9.17, 15) is 9.90 Å². The van der Waals surface area contributed by atoms with Crippen LogP contribution in [0.15, 0.2) is 60.7 Å². The van der Waals surface area contributed by atoms with Crippen LogP contribution in [0.3, 0.4) is 0 Å². The molecule has 5 rings (SSSR count). The second kappa shape index (κ2) is 8.99. The number of hydrogen-bond acceptors (Lipinski definition) is 4. The molecule has 4 unspecified atom stereocenters. The Kier molecular flexibility index (Phi) is 6.09. The Labute approximate surface area is 191 Å². The summed E-state index contributed by atoms with van der Waals surface area (Å²) >= 11 is 0. The number of esters is 1. The van der Waals surface area contributed by atoms with E-state index in [1.165, 1.54) is 12.0 Å². The topological polar surface area (TPSA) is 49.8 Å². The van der Waals surface area contributed by atoms with E-state index in [0.717, 1.165) is 38.8 Å². The van der Waals surface area contributed by atoms with Gasteiger partial charge in [0, 0.05) is 31.0 Å². The van der Waals surface area contributed by atoms with Crippen LogP contribution in [0.1, 0.15) is 56.2 Å². The van der Waals surface area contributed by atoms with Crippen molar-refractivity contribution in [3.63, 3.8) is 0 Å². The molecule has 1 heterocycles. The molecule has 4 nitrogen and oxygen atoms in total. The molecule has 3 aliphatic rings. The van der Waals surface area contributed by atoms with Crippen molar-refractivity contribution in [3.05, 3.63) is 71.8 Å². The van der Waals surface area contributed by atoms with Gasteiger partial charge in [-0.1, -0.05) is 79.9 Å². The van der Waals surface area contributed by atoms with E-state index in [1.54, 1.807) is 0 Å². The lowest BCUT2D eigenvalue weighted by Crippen LogP contribution is -2.45. The number of rotatable bonds is 7. The third-order valence-corrected chi connectivity index (χ3v) is 8.36. The molecule has 0 amide bonds. The molecular weight excluding hydrogens is 398 g/mol. The highest BCUT2D eigenvalue weighted by Gasteiger charge is 2.57. The van der Waals surface area contributed by atoms with E-state index < -0.39 is 11.6 Å². The molecule has 1 saturated heterocycles. The number of likely N-dealkylation sites (tertiary alicyclic amines) is 1. The van der Waals surface area contributed by atoms with E-state index in [1.807, 2.05) is 30.3 Å². The summed E-state index contributed by atoms with van der Waals surface area (Å²) in [4.78, 5) is 15.8. The van der Waals surface area contributed by atoms with Gasteiger partial charge in [-0.2, -0.15) is 0 Å². The molecule has 0 aromatic heterocycles. The molecule has 0 radical (unpaired) electrons. The van der Waals surface area contributed by atoms with Gasteiger partial charge in [-0.05, 0) is 42.7 Å². The van der Waals surface area contributed by atoms with Crippen LogP contribution in [0.2, 0.25) is 0 Å². The second-order valence-electron chi connectivity index (χ2n) is 10.1. The molecule has 3 fully saturated rings. The summed E-state index contributed by atoms with van der Waals surface area (Å²) in [6.07, 6.45) is 5.06. The van der Waals surface area contributed by atoms with Gasteiger partial charge in [0.05, 0.1) is 6.61 Å². The molecular formula is C28H35NO3. The fraction of sp³-hybridized carbons (Fsp3) is 0.536. The monoisotopic (exact) mass is 433 g/mol. The zero-order valence-corrected chi connectivity index (χ0v) is 19.0. The first-order valence-electron chi connectivity index (χ1n) is 12.3. The first-order valence-corrected chi connectivity index (χ1v) is 12.3. The van der Waals surface area contributed by atoms with E-state index >= 15 is 0 Å². The summed E-state index contributed by atoms with van der Waals surface area (Å²) in [7, 11) is 0. The molecule has 2 aromatic carbocycles. The van der Waals surface area contributed by atoms with Crippen LogP contribution >= 0.6 is 0 Å². The zero-order chi connectivity index (χ0) is 22.1. The van der Waals surface area contributed by atoms with Crippen molar-refractivity contribution in [2.24, 2.45) is 23.7 Å². The van der Waals surface area contributed by atoms with Gasteiger partial charge < -0.3 is 9.84 Å². The fourth-order valence-electron chi connectivity index (χ4n) is 6.20. The maximum Gasteiger partial charge on any atom is 0.343 e. The van der Waals surface area contributed by atoms with Gasteiger partial charge in [-0.25, -0.2) is 4.79 Å². The summed E-state index contributed by atoms with van der Waals surface area (Å²) in [5.41, 5.74) is 0.507. The standard InChI is InChI=1S/C28H35NO3/c1-20(21-11-5-2-6-12-21)29-17-24-25(18-29)26(24)19-32-27(30)28(31,22-13-7-3-8-14-22)23-15-9-4-10-16-23/h2-3,5-8,11-14,20,23-26,31H,4,9-10,15-19H2,1H3. The summed E-state index contributed by atoms with van der Waals surface area (Å²) in [6.45, 7) is 4.84. The van der Waals surface area contributed by atoms with Crippen molar-refractivity contribution in [1.29, 1.82) is 0 Å². The smallest absolute Gasteiger partial charge is 0.343 e. The predicted molar refractivity (Wildman–Crippen MR) is 125 cm³/mol. The van der Waals surface area contributed by atoms with Crippen molar-refractivity contribution in [3.8, 4) is 0 Å². The Bertz CT molecular complexity index is 899. The average molecular weight is 434 g/mol. The number of carbonyl (C=O) groups is 1. The van der Waals surface area contributed by atoms with Crippen molar-refractivity contribution in [2.75, 3.05) is 19.7 Å². The van der Waals surface area contributed by atoms with Crippen molar-refractivity contribution in [1.82, 2.24) is 4.90 Å². The second-order valence-corrected chi connectivity index (χ2v) is 10.1. The van der Waals surface area contributed by atoms with Gasteiger partial charge in [0.25, 0.3) is 0 Å². The van der Waals surface area contributed by atoms with Crippen molar-refractivity contribution in [2.45, 2.75) is 50.7 Å². The Morgan fingerprint density at radius 2 is 1.59 bits per heavy atom. The number of hydrogen-bond donors (Lipinski definition) is 1. The number of nitrogens with zero attached hydrogens (tertiary/aromatic N) is 1. The van der Waals surface area contributed by atoms with E-state index in [2.05, 4.69) is 42.2 Å². The van der Waals surface area contributed by atoms with E-state index in [-0.39, 0.29) is 5.92 Å². The molecule has 2 saturated carbocycles. The van der Waals surface area contributed by atoms with Crippen molar-refractivity contribution >= 4 is 5.97 Å². The molecule has 0 spiro atoms. The lowest BCUT2D eigenvalue weighted by molar-refractivity contribution is -0.176. The Morgan fingerprint density at radius 3 is 2.22 bits per heavy atom. The van der Waals surface area contributed by atoms with Gasteiger partial charge in [-0.15, -0.1) is 0 Å². The third-order valence-electron chi connectivity index (χ3n) is 8.36. The van der Waals surface area contributed by atoms with Gasteiger partial charge in [0.15, 0.2) is 5.60 Å². The summed E-state index contributed by atoms with van der Waals surface area (Å²) in [6, 6.07) is 20.5. The first-order chi connectivity index (χ1) is 15.6. The maximum atomic E-state index is 13.3. The van der Waals surface area contributed by atoms with E-state index in [0.29, 0.717) is 36.0 Å². The van der Waals surface area contributed by atoms with E-state index in [4.69, 9.17) is 4.74 Å². The van der Waals surface area contributed by atoms with Crippen LogP contribution < -0.4 is 0 Å². The lowest BCUT2D eigenvalue weighted by Gasteiger charge is -2.36. The molecule has 1 aliphatic heterocycles. The van der Waals surface area contributed by atoms with Crippen LogP contribution in [0.4, 0.5) is 0 Å². The molecule has 1 N–H and O–H groups in total. The Balaban J connectivity index is 1.19. The Morgan fingerprint density at radius 1 is 1.00 bits per heavy atom. The van der Waals surface area contributed by atoms with Gasteiger partial charge in [-0.3, -0.25) is 4.90 Å². The molecule has 2 aliphatic carbocycles. The largest absolute Gasteiger partial charge is 0.463 e. The zero-order valence-electron chi connectivity index (χ0n) is 19.0. The van der Waals surface area contributed by atoms with Crippen LogP contribution in [0.25, 0.3) is 0 Å². The van der Waals surface area contributed by atoms with Crippen LogP contribution in [-0.2, 0) is 15.1 Å². The van der Waals surface area contributed by atoms with Crippen LogP contribution in [-0.4, -0.2) is 35.7 Å². The SMILES string of the molecule is CC(c1ccccc1)N1CC2C(COC(=O)C(O)(c3ccccc3)C3CCCCC3)C2C1. The quantitative estimate of drug-likeness (QED) is 0.629.